The maximum atomic E-state index is 11.5. The van der Waals surface area contributed by atoms with Gasteiger partial charge >= 0.3 is 0 Å². The number of hydrogen-bond acceptors (Lipinski definition) is 4. The third-order valence-electron chi connectivity index (χ3n) is 4.27. The lowest BCUT2D eigenvalue weighted by molar-refractivity contribution is -0.130. The minimum atomic E-state index is 0.169. The first kappa shape index (κ1) is 14.7. The van der Waals surface area contributed by atoms with Crippen LogP contribution in [0.15, 0.2) is 24.7 Å². The molecule has 1 saturated heterocycles. The fourth-order valence-corrected chi connectivity index (χ4v) is 3.09. The van der Waals surface area contributed by atoms with E-state index in [9.17, 15) is 4.79 Å². The molecule has 0 N–H and O–H groups in total. The summed E-state index contributed by atoms with van der Waals surface area (Å²) in [7, 11) is 1.91. The Kier molecular flexibility index (Phi) is 4.18. The van der Waals surface area contributed by atoms with Crippen LogP contribution in [-0.4, -0.2) is 43.6 Å². The first-order chi connectivity index (χ1) is 10.6. The van der Waals surface area contributed by atoms with Gasteiger partial charge in [0.05, 0.1) is 11.4 Å². The minimum absolute atomic E-state index is 0.169. The summed E-state index contributed by atoms with van der Waals surface area (Å²) < 4.78 is 1.81. The van der Waals surface area contributed by atoms with Crippen molar-refractivity contribution < 1.29 is 4.79 Å². The number of likely N-dealkylation sites (tertiary alicyclic amines) is 1. The summed E-state index contributed by atoms with van der Waals surface area (Å²) in [5.41, 5.74) is 2.91. The number of carbonyl (C=O) groups is 1. The molecular weight excluding hydrogens is 278 g/mol. The van der Waals surface area contributed by atoms with Gasteiger partial charge in [0.15, 0.2) is 0 Å². The molecule has 3 rings (SSSR count). The highest BCUT2D eigenvalue weighted by atomic mass is 16.2. The number of nitrogens with zero attached hydrogens (tertiary/aromatic N) is 5. The lowest BCUT2D eigenvalue weighted by Crippen LogP contribution is -2.39. The molecule has 0 aliphatic carbocycles. The topological polar surface area (TPSA) is 63.9 Å². The molecule has 1 atom stereocenters. The predicted octanol–water partition coefficient (Wildman–Crippen LogP) is 1.68. The number of amides is 1. The van der Waals surface area contributed by atoms with E-state index in [-0.39, 0.29) is 5.91 Å². The molecule has 0 radical (unpaired) electrons. The molecule has 6 heteroatoms. The zero-order valence-electron chi connectivity index (χ0n) is 13.1. The first-order valence-corrected chi connectivity index (χ1v) is 7.68. The standard InChI is InChI=1S/C16H21N5O/c1-12(22)21-7-3-4-13(10-21)8-14-9-15(18-11-17-14)16-5-6-19-20(16)2/h5-6,9,11,13H,3-4,7-8,10H2,1-2H3/t13-/m1/s1. The van der Waals surface area contributed by atoms with Crippen molar-refractivity contribution in [2.45, 2.75) is 26.2 Å². The highest BCUT2D eigenvalue weighted by molar-refractivity contribution is 5.73. The van der Waals surface area contributed by atoms with Crippen LogP contribution in [0.25, 0.3) is 11.4 Å². The van der Waals surface area contributed by atoms with Gasteiger partial charge in [-0.2, -0.15) is 5.10 Å². The van der Waals surface area contributed by atoms with Crippen molar-refractivity contribution in [2.24, 2.45) is 13.0 Å². The molecule has 116 valence electrons. The lowest BCUT2D eigenvalue weighted by Gasteiger charge is -2.31. The van der Waals surface area contributed by atoms with Crippen molar-refractivity contribution in [3.05, 3.63) is 30.4 Å². The molecule has 22 heavy (non-hydrogen) atoms. The van der Waals surface area contributed by atoms with Crippen molar-refractivity contribution >= 4 is 5.91 Å². The number of aryl methyl sites for hydroxylation is 1. The van der Waals surface area contributed by atoms with Gasteiger partial charge in [-0.3, -0.25) is 9.48 Å². The number of rotatable bonds is 3. The first-order valence-electron chi connectivity index (χ1n) is 7.68. The second-order valence-electron chi connectivity index (χ2n) is 5.91. The van der Waals surface area contributed by atoms with E-state index in [1.54, 1.807) is 19.4 Å². The van der Waals surface area contributed by atoms with Crippen molar-refractivity contribution in [2.75, 3.05) is 13.1 Å². The summed E-state index contributed by atoms with van der Waals surface area (Å²) in [4.78, 5) is 22.2. The molecule has 0 aromatic carbocycles. The van der Waals surface area contributed by atoms with E-state index in [1.807, 2.05) is 28.8 Å². The Morgan fingerprint density at radius 3 is 3.00 bits per heavy atom. The molecule has 1 aliphatic rings. The molecule has 2 aromatic rings. The molecule has 2 aromatic heterocycles. The summed E-state index contributed by atoms with van der Waals surface area (Å²) in [5, 5.41) is 4.18. The molecular formula is C16H21N5O. The van der Waals surface area contributed by atoms with Crippen molar-refractivity contribution in [3.8, 4) is 11.4 Å². The van der Waals surface area contributed by atoms with Gasteiger partial charge in [0.2, 0.25) is 5.91 Å². The van der Waals surface area contributed by atoms with E-state index in [0.29, 0.717) is 5.92 Å². The fraction of sp³-hybridized carbons (Fsp3) is 0.500. The Bertz CT molecular complexity index is 666. The van der Waals surface area contributed by atoms with E-state index in [0.717, 1.165) is 49.4 Å². The third-order valence-corrected chi connectivity index (χ3v) is 4.27. The zero-order chi connectivity index (χ0) is 15.5. The van der Waals surface area contributed by atoms with Gasteiger partial charge in [0.25, 0.3) is 0 Å². The third kappa shape index (κ3) is 3.16. The Hall–Kier alpha value is -2.24. The molecule has 3 heterocycles. The van der Waals surface area contributed by atoms with Gasteiger partial charge in [-0.05, 0) is 37.3 Å². The number of hydrogen-bond donors (Lipinski definition) is 0. The van der Waals surface area contributed by atoms with Crippen LogP contribution in [0.4, 0.5) is 0 Å². The summed E-state index contributed by atoms with van der Waals surface area (Å²) in [6, 6.07) is 3.98. The second-order valence-corrected chi connectivity index (χ2v) is 5.91. The van der Waals surface area contributed by atoms with Gasteiger partial charge in [0, 0.05) is 39.0 Å². The molecule has 1 amide bonds. The number of aromatic nitrogens is 4. The van der Waals surface area contributed by atoms with Crippen LogP contribution in [0.1, 0.15) is 25.5 Å². The van der Waals surface area contributed by atoms with E-state index >= 15 is 0 Å². The summed E-state index contributed by atoms with van der Waals surface area (Å²) >= 11 is 0. The average Bonchev–Trinajstić information content (AvgIpc) is 2.94. The Morgan fingerprint density at radius 2 is 2.27 bits per heavy atom. The minimum Gasteiger partial charge on any atom is -0.343 e. The van der Waals surface area contributed by atoms with Crippen LogP contribution in [0.2, 0.25) is 0 Å². The SMILES string of the molecule is CC(=O)N1CCC[C@H](Cc2cc(-c3ccnn3C)ncn2)C1. The molecule has 6 nitrogen and oxygen atoms in total. The number of carbonyl (C=O) groups excluding carboxylic acids is 1. The van der Waals surface area contributed by atoms with Crippen LogP contribution in [0, 0.1) is 5.92 Å². The summed E-state index contributed by atoms with van der Waals surface area (Å²) in [6.07, 6.45) is 6.49. The van der Waals surface area contributed by atoms with E-state index < -0.39 is 0 Å². The highest BCUT2D eigenvalue weighted by Crippen LogP contribution is 2.22. The zero-order valence-corrected chi connectivity index (χ0v) is 13.1. The monoisotopic (exact) mass is 299 g/mol. The number of piperidine rings is 1. The lowest BCUT2D eigenvalue weighted by atomic mass is 9.93. The van der Waals surface area contributed by atoms with Crippen molar-refractivity contribution in [1.82, 2.24) is 24.6 Å². The van der Waals surface area contributed by atoms with Crippen molar-refractivity contribution in [3.63, 3.8) is 0 Å². The van der Waals surface area contributed by atoms with Crippen LogP contribution in [0.3, 0.4) is 0 Å². The quantitative estimate of drug-likeness (QED) is 0.865. The predicted molar refractivity (Wildman–Crippen MR) is 82.9 cm³/mol. The highest BCUT2D eigenvalue weighted by Gasteiger charge is 2.22. The van der Waals surface area contributed by atoms with E-state index in [4.69, 9.17) is 0 Å². The molecule has 1 aliphatic heterocycles. The summed E-state index contributed by atoms with van der Waals surface area (Å²) in [6.45, 7) is 3.36. The van der Waals surface area contributed by atoms with Gasteiger partial charge in [0.1, 0.15) is 6.33 Å². The summed E-state index contributed by atoms with van der Waals surface area (Å²) in [5.74, 6) is 0.648. The maximum absolute atomic E-state index is 11.5. The van der Waals surface area contributed by atoms with E-state index in [1.165, 1.54) is 0 Å². The molecule has 0 unspecified atom stereocenters. The Labute approximate surface area is 130 Å². The smallest absolute Gasteiger partial charge is 0.219 e. The van der Waals surface area contributed by atoms with Gasteiger partial charge < -0.3 is 4.90 Å². The molecule has 0 bridgehead atoms. The van der Waals surface area contributed by atoms with Crippen molar-refractivity contribution in [1.29, 1.82) is 0 Å². The van der Waals surface area contributed by atoms with Gasteiger partial charge in [-0.25, -0.2) is 9.97 Å². The van der Waals surface area contributed by atoms with Gasteiger partial charge in [-0.15, -0.1) is 0 Å². The fourth-order valence-electron chi connectivity index (χ4n) is 3.09. The largest absolute Gasteiger partial charge is 0.343 e. The van der Waals surface area contributed by atoms with E-state index in [2.05, 4.69) is 15.1 Å². The maximum Gasteiger partial charge on any atom is 0.219 e. The van der Waals surface area contributed by atoms with Gasteiger partial charge in [-0.1, -0.05) is 0 Å². The van der Waals surface area contributed by atoms with Crippen LogP contribution in [0.5, 0.6) is 0 Å². The van der Waals surface area contributed by atoms with Crippen LogP contribution < -0.4 is 0 Å². The molecule has 0 saturated carbocycles. The Balaban J connectivity index is 1.73. The molecule has 0 spiro atoms. The van der Waals surface area contributed by atoms with Crippen LogP contribution in [-0.2, 0) is 18.3 Å². The normalized spacial score (nSPS) is 18.5. The second kappa shape index (κ2) is 6.25. The van der Waals surface area contributed by atoms with Crippen LogP contribution >= 0.6 is 0 Å². The Morgan fingerprint density at radius 1 is 1.41 bits per heavy atom. The average molecular weight is 299 g/mol. The molecule has 1 fully saturated rings.